The molecule has 0 bridgehead atoms. The lowest BCUT2D eigenvalue weighted by atomic mass is 10.1. The largest absolute Gasteiger partial charge is 0.314 e. The zero-order valence-corrected chi connectivity index (χ0v) is 14.5. The van der Waals surface area contributed by atoms with Gasteiger partial charge >= 0.3 is 0 Å². The lowest BCUT2D eigenvalue weighted by Crippen LogP contribution is -2.45. The van der Waals surface area contributed by atoms with Crippen LogP contribution in [0.15, 0.2) is 55.0 Å². The van der Waals surface area contributed by atoms with Crippen molar-refractivity contribution in [2.45, 2.75) is 12.6 Å². The number of hydrogen-bond acceptors (Lipinski definition) is 5. The molecule has 2 aromatic heterocycles. The summed E-state index contributed by atoms with van der Waals surface area (Å²) in [4.78, 5) is 6.68. The predicted molar refractivity (Wildman–Crippen MR) is 96.6 cm³/mol. The number of nitrogens with zero attached hydrogens (tertiary/aromatic N) is 5. The minimum Gasteiger partial charge on any atom is -0.314 e. The predicted octanol–water partition coefficient (Wildman–Crippen LogP) is 2.46. The average Bonchev–Trinajstić information content (AvgIpc) is 3.12. The summed E-state index contributed by atoms with van der Waals surface area (Å²) in [5.74, 6) is 0. The van der Waals surface area contributed by atoms with Crippen molar-refractivity contribution in [3.8, 4) is 5.69 Å². The fourth-order valence-corrected chi connectivity index (χ4v) is 3.26. The van der Waals surface area contributed by atoms with E-state index in [1.165, 1.54) is 5.56 Å². The molecule has 1 aromatic carbocycles. The highest BCUT2D eigenvalue weighted by atomic mass is 35.5. The molecule has 3 aromatic rings. The molecule has 25 heavy (non-hydrogen) atoms. The number of piperazine rings is 1. The van der Waals surface area contributed by atoms with Gasteiger partial charge in [0.1, 0.15) is 0 Å². The Balaban J connectivity index is 1.51. The van der Waals surface area contributed by atoms with Crippen molar-refractivity contribution < 1.29 is 0 Å². The van der Waals surface area contributed by atoms with Gasteiger partial charge in [0.15, 0.2) is 0 Å². The van der Waals surface area contributed by atoms with E-state index in [1.54, 1.807) is 4.68 Å². The lowest BCUT2D eigenvalue weighted by molar-refractivity contribution is 0.151. The van der Waals surface area contributed by atoms with Crippen LogP contribution >= 0.6 is 11.6 Å². The first-order valence-corrected chi connectivity index (χ1v) is 8.69. The summed E-state index contributed by atoms with van der Waals surface area (Å²) < 4.78 is 1.78. The zero-order valence-electron chi connectivity index (χ0n) is 13.7. The number of nitrogens with one attached hydrogen (secondary N) is 1. The third-order valence-electron chi connectivity index (χ3n) is 4.42. The molecule has 4 rings (SSSR count). The van der Waals surface area contributed by atoms with Gasteiger partial charge in [0.25, 0.3) is 0 Å². The molecule has 1 saturated heterocycles. The Kier molecular flexibility index (Phi) is 4.74. The Morgan fingerprint density at radius 2 is 2.08 bits per heavy atom. The van der Waals surface area contributed by atoms with Gasteiger partial charge in [-0.25, -0.2) is 4.68 Å². The van der Waals surface area contributed by atoms with Crippen LogP contribution in [-0.2, 0) is 6.54 Å². The molecule has 1 unspecified atom stereocenters. The van der Waals surface area contributed by atoms with E-state index in [9.17, 15) is 0 Å². The molecule has 0 saturated carbocycles. The number of pyridine rings is 1. The second-order valence-electron chi connectivity index (χ2n) is 6.11. The van der Waals surface area contributed by atoms with E-state index in [2.05, 4.69) is 31.6 Å². The highest BCUT2D eigenvalue weighted by molar-refractivity contribution is 6.30. The molecule has 0 amide bonds. The Morgan fingerprint density at radius 3 is 2.88 bits per heavy atom. The van der Waals surface area contributed by atoms with E-state index < -0.39 is 0 Å². The molecule has 1 fully saturated rings. The second kappa shape index (κ2) is 7.31. The van der Waals surface area contributed by atoms with Crippen molar-refractivity contribution in [1.82, 2.24) is 30.2 Å². The van der Waals surface area contributed by atoms with Crippen molar-refractivity contribution in [2.24, 2.45) is 0 Å². The molecule has 3 heterocycles. The molecule has 128 valence electrons. The smallest absolute Gasteiger partial charge is 0.0972 e. The Bertz CT molecular complexity index is 817. The number of rotatable bonds is 4. The summed E-state index contributed by atoms with van der Waals surface area (Å²) in [7, 11) is 0. The standard InChI is InChI=1S/C18H19ClN6/c19-15-3-5-17(6-4-15)25-13-16(22-23-25)12-24-9-8-21-11-18(24)14-2-1-7-20-10-14/h1-7,10,13,18,21H,8-9,11-12H2. The van der Waals surface area contributed by atoms with E-state index in [0.717, 1.165) is 37.6 Å². The summed E-state index contributed by atoms with van der Waals surface area (Å²) in [5, 5.41) is 12.8. The van der Waals surface area contributed by atoms with Gasteiger partial charge in [-0.1, -0.05) is 22.9 Å². The summed E-state index contributed by atoms with van der Waals surface area (Å²) in [6.45, 7) is 3.61. The van der Waals surface area contributed by atoms with Gasteiger partial charge in [-0.2, -0.15) is 0 Å². The first kappa shape index (κ1) is 16.2. The van der Waals surface area contributed by atoms with Crippen LogP contribution in [-0.4, -0.2) is 44.5 Å². The van der Waals surface area contributed by atoms with E-state index >= 15 is 0 Å². The van der Waals surface area contributed by atoms with Crippen molar-refractivity contribution >= 4 is 11.6 Å². The summed E-state index contributed by atoms with van der Waals surface area (Å²) in [6, 6.07) is 12.0. The van der Waals surface area contributed by atoms with E-state index in [4.69, 9.17) is 11.6 Å². The molecule has 1 N–H and O–H groups in total. The third kappa shape index (κ3) is 3.71. The molecule has 7 heteroatoms. The van der Waals surface area contributed by atoms with Gasteiger partial charge in [-0.15, -0.1) is 5.10 Å². The normalized spacial score (nSPS) is 18.4. The van der Waals surface area contributed by atoms with E-state index in [0.29, 0.717) is 11.1 Å². The quantitative estimate of drug-likeness (QED) is 0.780. The molecular formula is C18H19ClN6. The molecular weight excluding hydrogens is 336 g/mol. The minimum absolute atomic E-state index is 0.295. The van der Waals surface area contributed by atoms with Crippen LogP contribution in [0.3, 0.4) is 0 Å². The van der Waals surface area contributed by atoms with Crippen LogP contribution in [0.25, 0.3) is 5.69 Å². The van der Waals surface area contributed by atoms with Crippen LogP contribution in [0.1, 0.15) is 17.3 Å². The molecule has 1 aliphatic heterocycles. The van der Waals surface area contributed by atoms with Crippen LogP contribution in [0.2, 0.25) is 5.02 Å². The summed E-state index contributed by atoms with van der Waals surface area (Å²) in [6.07, 6.45) is 5.72. The summed E-state index contributed by atoms with van der Waals surface area (Å²) >= 11 is 5.94. The molecule has 0 aliphatic carbocycles. The minimum atomic E-state index is 0.295. The van der Waals surface area contributed by atoms with Gasteiger partial charge in [-0.3, -0.25) is 9.88 Å². The zero-order chi connectivity index (χ0) is 17.1. The number of hydrogen-bond donors (Lipinski definition) is 1. The van der Waals surface area contributed by atoms with Crippen LogP contribution < -0.4 is 5.32 Å². The number of halogens is 1. The SMILES string of the molecule is Clc1ccc(-n2cc(CN3CCNCC3c3cccnc3)nn2)cc1. The van der Waals surface area contributed by atoms with Crippen molar-refractivity contribution in [3.05, 3.63) is 71.3 Å². The van der Waals surface area contributed by atoms with Gasteiger partial charge in [0.2, 0.25) is 0 Å². The maximum Gasteiger partial charge on any atom is 0.0972 e. The molecule has 6 nitrogen and oxygen atoms in total. The summed E-state index contributed by atoms with van der Waals surface area (Å²) in [5.41, 5.74) is 3.12. The monoisotopic (exact) mass is 354 g/mol. The second-order valence-corrected chi connectivity index (χ2v) is 6.54. The van der Waals surface area contributed by atoms with E-state index in [1.807, 2.05) is 48.9 Å². The highest BCUT2D eigenvalue weighted by Gasteiger charge is 2.24. The van der Waals surface area contributed by atoms with Gasteiger partial charge in [0.05, 0.1) is 17.6 Å². The molecule has 1 aliphatic rings. The van der Waals surface area contributed by atoms with Gasteiger partial charge in [-0.05, 0) is 35.9 Å². The van der Waals surface area contributed by atoms with Gasteiger partial charge < -0.3 is 5.32 Å². The number of benzene rings is 1. The maximum atomic E-state index is 5.94. The molecule has 0 spiro atoms. The molecule has 0 radical (unpaired) electrons. The van der Waals surface area contributed by atoms with Crippen LogP contribution in [0.5, 0.6) is 0 Å². The van der Waals surface area contributed by atoms with E-state index in [-0.39, 0.29) is 0 Å². The third-order valence-corrected chi connectivity index (χ3v) is 4.67. The van der Waals surface area contributed by atoms with Crippen molar-refractivity contribution in [3.63, 3.8) is 0 Å². The first-order valence-electron chi connectivity index (χ1n) is 8.31. The Labute approximate surface area is 151 Å². The fraction of sp³-hybridized carbons (Fsp3) is 0.278. The van der Waals surface area contributed by atoms with Crippen LogP contribution in [0, 0.1) is 0 Å². The van der Waals surface area contributed by atoms with Crippen molar-refractivity contribution in [1.29, 1.82) is 0 Å². The Morgan fingerprint density at radius 1 is 1.20 bits per heavy atom. The number of aromatic nitrogens is 4. The first-order chi connectivity index (χ1) is 12.3. The highest BCUT2D eigenvalue weighted by Crippen LogP contribution is 2.23. The van der Waals surface area contributed by atoms with Gasteiger partial charge in [0, 0.05) is 49.6 Å². The average molecular weight is 355 g/mol. The molecule has 1 atom stereocenters. The topological polar surface area (TPSA) is 58.9 Å². The lowest BCUT2D eigenvalue weighted by Gasteiger charge is -2.35. The fourth-order valence-electron chi connectivity index (χ4n) is 3.14. The maximum absolute atomic E-state index is 5.94. The van der Waals surface area contributed by atoms with Crippen molar-refractivity contribution in [2.75, 3.05) is 19.6 Å². The van der Waals surface area contributed by atoms with Crippen LogP contribution in [0.4, 0.5) is 0 Å². The Hall–Kier alpha value is -2.28.